The topological polar surface area (TPSA) is 41.1 Å². The molecular formula is C17H23N3O. The van der Waals surface area contributed by atoms with Gasteiger partial charge in [-0.2, -0.15) is 0 Å². The van der Waals surface area contributed by atoms with Crippen molar-refractivity contribution in [2.45, 2.75) is 25.8 Å². The third-order valence-corrected chi connectivity index (χ3v) is 4.03. The van der Waals surface area contributed by atoms with Crippen molar-refractivity contribution in [2.75, 3.05) is 26.3 Å². The van der Waals surface area contributed by atoms with Crippen LogP contribution in [0.1, 0.15) is 29.5 Å². The SMILES string of the molecule is Cc1cnc(C2COCCN2CCCc2ccccc2)[nH]1. The van der Waals surface area contributed by atoms with Gasteiger partial charge in [0.05, 0.1) is 19.3 Å². The van der Waals surface area contributed by atoms with E-state index in [-0.39, 0.29) is 6.04 Å². The number of ether oxygens (including phenoxy) is 1. The third kappa shape index (κ3) is 3.71. The molecule has 1 saturated heterocycles. The number of morpholine rings is 1. The van der Waals surface area contributed by atoms with E-state index >= 15 is 0 Å². The van der Waals surface area contributed by atoms with Crippen molar-refractivity contribution >= 4 is 0 Å². The van der Waals surface area contributed by atoms with Gasteiger partial charge in [0.15, 0.2) is 0 Å². The molecule has 0 spiro atoms. The minimum absolute atomic E-state index is 0.267. The summed E-state index contributed by atoms with van der Waals surface area (Å²) in [5, 5.41) is 0. The van der Waals surface area contributed by atoms with Crippen molar-refractivity contribution in [3.63, 3.8) is 0 Å². The number of H-pyrrole nitrogens is 1. The summed E-state index contributed by atoms with van der Waals surface area (Å²) in [5.74, 6) is 1.03. The van der Waals surface area contributed by atoms with Crippen LogP contribution in [0.5, 0.6) is 0 Å². The fourth-order valence-electron chi connectivity index (χ4n) is 2.89. The molecule has 1 unspecified atom stereocenters. The van der Waals surface area contributed by atoms with E-state index in [4.69, 9.17) is 4.74 Å². The molecule has 0 saturated carbocycles. The molecule has 0 radical (unpaired) electrons. The molecule has 2 aromatic rings. The van der Waals surface area contributed by atoms with Crippen LogP contribution in [-0.4, -0.2) is 41.2 Å². The Hall–Kier alpha value is -1.65. The minimum Gasteiger partial charge on any atom is -0.378 e. The van der Waals surface area contributed by atoms with E-state index in [0.717, 1.165) is 44.2 Å². The number of benzene rings is 1. The maximum absolute atomic E-state index is 5.64. The van der Waals surface area contributed by atoms with E-state index in [1.54, 1.807) is 0 Å². The third-order valence-electron chi connectivity index (χ3n) is 4.03. The van der Waals surface area contributed by atoms with Crippen molar-refractivity contribution in [2.24, 2.45) is 0 Å². The quantitative estimate of drug-likeness (QED) is 0.918. The van der Waals surface area contributed by atoms with Gasteiger partial charge in [0.1, 0.15) is 5.82 Å². The van der Waals surface area contributed by atoms with E-state index < -0.39 is 0 Å². The molecule has 4 heteroatoms. The Morgan fingerprint density at radius 3 is 2.95 bits per heavy atom. The zero-order valence-electron chi connectivity index (χ0n) is 12.6. The van der Waals surface area contributed by atoms with Crippen LogP contribution >= 0.6 is 0 Å². The maximum atomic E-state index is 5.64. The normalized spacial score (nSPS) is 19.8. The van der Waals surface area contributed by atoms with E-state index in [0.29, 0.717) is 0 Å². The summed E-state index contributed by atoms with van der Waals surface area (Å²) < 4.78 is 5.64. The lowest BCUT2D eigenvalue weighted by Crippen LogP contribution is -2.40. The Morgan fingerprint density at radius 2 is 2.19 bits per heavy atom. The van der Waals surface area contributed by atoms with Gasteiger partial charge >= 0.3 is 0 Å². The van der Waals surface area contributed by atoms with Crippen LogP contribution in [0.2, 0.25) is 0 Å². The number of rotatable bonds is 5. The average Bonchev–Trinajstić information content (AvgIpc) is 2.95. The molecule has 21 heavy (non-hydrogen) atoms. The molecule has 3 rings (SSSR count). The lowest BCUT2D eigenvalue weighted by Gasteiger charge is -2.34. The highest BCUT2D eigenvalue weighted by Gasteiger charge is 2.26. The van der Waals surface area contributed by atoms with Crippen LogP contribution in [0.4, 0.5) is 0 Å². The number of aromatic amines is 1. The lowest BCUT2D eigenvalue weighted by molar-refractivity contribution is -0.0117. The Bertz CT molecular complexity index is 552. The summed E-state index contributed by atoms with van der Waals surface area (Å²) in [4.78, 5) is 10.3. The molecule has 1 aliphatic heterocycles. The summed E-state index contributed by atoms with van der Waals surface area (Å²) in [6.07, 6.45) is 4.19. The van der Waals surface area contributed by atoms with Gasteiger partial charge in [-0.1, -0.05) is 30.3 Å². The second-order valence-electron chi connectivity index (χ2n) is 5.67. The first-order valence-corrected chi connectivity index (χ1v) is 7.70. The van der Waals surface area contributed by atoms with Crippen LogP contribution in [0, 0.1) is 6.92 Å². The van der Waals surface area contributed by atoms with Gasteiger partial charge in [-0.15, -0.1) is 0 Å². The highest BCUT2D eigenvalue weighted by molar-refractivity contribution is 5.14. The highest BCUT2D eigenvalue weighted by atomic mass is 16.5. The molecule has 1 N–H and O–H groups in total. The van der Waals surface area contributed by atoms with Gasteiger partial charge in [-0.3, -0.25) is 4.90 Å². The molecule has 112 valence electrons. The predicted octanol–water partition coefficient (Wildman–Crippen LogP) is 2.72. The number of nitrogens with one attached hydrogen (secondary N) is 1. The van der Waals surface area contributed by atoms with Gasteiger partial charge in [-0.25, -0.2) is 4.98 Å². The fraction of sp³-hybridized carbons (Fsp3) is 0.471. The van der Waals surface area contributed by atoms with E-state index in [1.165, 1.54) is 12.0 Å². The van der Waals surface area contributed by atoms with Crippen molar-refractivity contribution in [3.8, 4) is 0 Å². The number of nitrogens with zero attached hydrogens (tertiary/aromatic N) is 2. The number of hydrogen-bond donors (Lipinski definition) is 1. The Balaban J connectivity index is 1.57. The number of aryl methyl sites for hydroxylation is 2. The number of imidazole rings is 1. The van der Waals surface area contributed by atoms with Crippen molar-refractivity contribution in [1.82, 2.24) is 14.9 Å². The summed E-state index contributed by atoms with van der Waals surface area (Å²) in [6, 6.07) is 11.0. The zero-order valence-corrected chi connectivity index (χ0v) is 12.6. The average molecular weight is 285 g/mol. The van der Waals surface area contributed by atoms with E-state index in [2.05, 4.69) is 45.2 Å². The van der Waals surface area contributed by atoms with Crippen LogP contribution in [0.15, 0.2) is 36.5 Å². The van der Waals surface area contributed by atoms with Gasteiger partial charge in [0, 0.05) is 18.4 Å². The standard InChI is InChI=1S/C17H23N3O/c1-14-12-18-17(19-14)16-13-21-11-10-20(16)9-5-8-15-6-3-2-4-7-15/h2-4,6-7,12,16H,5,8-11,13H2,1H3,(H,18,19). The molecule has 4 nitrogen and oxygen atoms in total. The molecule has 0 bridgehead atoms. The first-order valence-electron chi connectivity index (χ1n) is 7.70. The largest absolute Gasteiger partial charge is 0.378 e. The highest BCUT2D eigenvalue weighted by Crippen LogP contribution is 2.22. The summed E-state index contributed by atoms with van der Waals surface area (Å²) in [7, 11) is 0. The second-order valence-corrected chi connectivity index (χ2v) is 5.67. The Kier molecular flexibility index (Phi) is 4.68. The summed E-state index contributed by atoms with van der Waals surface area (Å²) >= 11 is 0. The van der Waals surface area contributed by atoms with Crippen molar-refractivity contribution in [3.05, 3.63) is 53.6 Å². The first kappa shape index (κ1) is 14.3. The number of hydrogen-bond acceptors (Lipinski definition) is 3. The van der Waals surface area contributed by atoms with Crippen LogP contribution < -0.4 is 0 Å². The molecular weight excluding hydrogens is 262 g/mol. The molecule has 0 amide bonds. The molecule has 1 atom stereocenters. The Morgan fingerprint density at radius 1 is 1.33 bits per heavy atom. The van der Waals surface area contributed by atoms with Gasteiger partial charge in [0.25, 0.3) is 0 Å². The first-order chi connectivity index (χ1) is 10.3. The van der Waals surface area contributed by atoms with Gasteiger partial charge in [0.2, 0.25) is 0 Å². The molecule has 2 heterocycles. The molecule has 1 aromatic carbocycles. The minimum atomic E-state index is 0.267. The Labute approximate surface area is 126 Å². The predicted molar refractivity (Wildman–Crippen MR) is 83.2 cm³/mol. The zero-order chi connectivity index (χ0) is 14.5. The maximum Gasteiger partial charge on any atom is 0.126 e. The van der Waals surface area contributed by atoms with Crippen LogP contribution in [0.3, 0.4) is 0 Å². The van der Waals surface area contributed by atoms with E-state index in [1.807, 2.05) is 13.1 Å². The monoisotopic (exact) mass is 285 g/mol. The van der Waals surface area contributed by atoms with Crippen molar-refractivity contribution < 1.29 is 4.74 Å². The second kappa shape index (κ2) is 6.87. The smallest absolute Gasteiger partial charge is 0.126 e. The molecule has 0 aliphatic carbocycles. The summed E-state index contributed by atoms with van der Waals surface area (Å²) in [5.41, 5.74) is 2.52. The molecule has 1 aromatic heterocycles. The molecule has 1 fully saturated rings. The van der Waals surface area contributed by atoms with Gasteiger partial charge < -0.3 is 9.72 Å². The number of aromatic nitrogens is 2. The van der Waals surface area contributed by atoms with Gasteiger partial charge in [-0.05, 0) is 31.9 Å². The van der Waals surface area contributed by atoms with Crippen LogP contribution in [-0.2, 0) is 11.2 Å². The lowest BCUT2D eigenvalue weighted by atomic mass is 10.1. The van der Waals surface area contributed by atoms with Crippen LogP contribution in [0.25, 0.3) is 0 Å². The van der Waals surface area contributed by atoms with E-state index in [9.17, 15) is 0 Å². The summed E-state index contributed by atoms with van der Waals surface area (Å²) in [6.45, 7) is 5.67. The fourth-order valence-corrected chi connectivity index (χ4v) is 2.89. The van der Waals surface area contributed by atoms with Crippen molar-refractivity contribution in [1.29, 1.82) is 0 Å². The molecule has 1 aliphatic rings.